The van der Waals surface area contributed by atoms with Crippen molar-refractivity contribution >= 4 is 16.4 Å². The van der Waals surface area contributed by atoms with Gasteiger partial charge in [-0.2, -0.15) is 0 Å². The predicted octanol–water partition coefficient (Wildman–Crippen LogP) is 1.42. The molecule has 0 aliphatic rings. The standard InChI is InChI=1S/C10H15NO2S/c1-7-4-5-8(9(11)6-7)10(2,3)14(12)13/h4-6,14H,11H2,1-3H3. The Labute approximate surface area is 85.9 Å². The lowest BCUT2D eigenvalue weighted by Crippen LogP contribution is -2.20. The topological polar surface area (TPSA) is 60.2 Å². The number of aryl methyl sites for hydroxylation is 1. The molecule has 1 aromatic rings. The zero-order chi connectivity index (χ0) is 10.9. The Kier molecular flexibility index (Phi) is 2.85. The number of nitrogen functional groups attached to an aromatic ring is 1. The molecule has 0 unspecified atom stereocenters. The molecule has 4 heteroatoms. The van der Waals surface area contributed by atoms with Crippen LogP contribution in [0.15, 0.2) is 18.2 Å². The Morgan fingerprint density at radius 1 is 1.29 bits per heavy atom. The highest BCUT2D eigenvalue weighted by Gasteiger charge is 2.26. The minimum absolute atomic E-state index is 0.536. The molecule has 1 aromatic carbocycles. The molecule has 0 aliphatic carbocycles. The van der Waals surface area contributed by atoms with Crippen LogP contribution in [0.25, 0.3) is 0 Å². The van der Waals surface area contributed by atoms with Gasteiger partial charge in [-0.1, -0.05) is 12.1 Å². The highest BCUT2D eigenvalue weighted by atomic mass is 32.2. The Morgan fingerprint density at radius 3 is 2.29 bits per heavy atom. The molecule has 3 nitrogen and oxygen atoms in total. The second-order valence-corrected chi connectivity index (χ2v) is 5.54. The van der Waals surface area contributed by atoms with Crippen LogP contribution in [0.3, 0.4) is 0 Å². The molecule has 14 heavy (non-hydrogen) atoms. The van der Waals surface area contributed by atoms with Gasteiger partial charge in [-0.05, 0) is 38.0 Å². The fraction of sp³-hybridized carbons (Fsp3) is 0.400. The molecule has 1 rings (SSSR count). The minimum Gasteiger partial charge on any atom is -0.398 e. The van der Waals surface area contributed by atoms with Crippen molar-refractivity contribution in [2.75, 3.05) is 5.73 Å². The van der Waals surface area contributed by atoms with Crippen molar-refractivity contribution in [2.24, 2.45) is 0 Å². The second-order valence-electron chi connectivity index (χ2n) is 3.91. The van der Waals surface area contributed by atoms with E-state index in [0.717, 1.165) is 5.56 Å². The number of hydrogen-bond acceptors (Lipinski definition) is 3. The molecule has 0 saturated carbocycles. The highest BCUT2D eigenvalue weighted by molar-refractivity contribution is 7.73. The van der Waals surface area contributed by atoms with Gasteiger partial charge in [-0.25, -0.2) is 8.42 Å². The summed E-state index contributed by atoms with van der Waals surface area (Å²) in [6.07, 6.45) is 0. The molecule has 0 spiro atoms. The molecule has 0 aliphatic heterocycles. The Hall–Kier alpha value is -1.03. The zero-order valence-corrected chi connectivity index (χ0v) is 9.47. The first-order valence-corrected chi connectivity index (χ1v) is 5.54. The molecular weight excluding hydrogens is 198 g/mol. The number of hydrogen-bond donors (Lipinski definition) is 2. The van der Waals surface area contributed by atoms with Crippen LogP contribution >= 0.6 is 0 Å². The Morgan fingerprint density at radius 2 is 1.86 bits per heavy atom. The fourth-order valence-corrected chi connectivity index (χ4v) is 1.74. The predicted molar refractivity (Wildman–Crippen MR) is 58.9 cm³/mol. The van der Waals surface area contributed by atoms with Gasteiger partial charge < -0.3 is 5.73 Å². The molecule has 0 fully saturated rings. The minimum atomic E-state index is -2.53. The lowest BCUT2D eigenvalue weighted by molar-refractivity contribution is 0.577. The van der Waals surface area contributed by atoms with E-state index in [0.29, 0.717) is 11.3 Å². The average Bonchev–Trinajstić information content (AvgIpc) is 2.02. The largest absolute Gasteiger partial charge is 0.398 e. The maximum Gasteiger partial charge on any atom is 0.149 e. The van der Waals surface area contributed by atoms with Crippen molar-refractivity contribution in [1.82, 2.24) is 0 Å². The lowest BCUT2D eigenvalue weighted by Gasteiger charge is -2.19. The van der Waals surface area contributed by atoms with Crippen molar-refractivity contribution in [3.05, 3.63) is 29.3 Å². The number of rotatable bonds is 2. The third-order valence-electron chi connectivity index (χ3n) is 2.32. The van der Waals surface area contributed by atoms with E-state index < -0.39 is 15.5 Å². The SMILES string of the molecule is Cc1ccc(C(C)(C)[SH](=O)=O)c(N)c1. The molecule has 2 N–H and O–H groups in total. The van der Waals surface area contributed by atoms with Crippen molar-refractivity contribution < 1.29 is 8.42 Å². The quantitative estimate of drug-likeness (QED) is 0.577. The maximum atomic E-state index is 11.0. The van der Waals surface area contributed by atoms with Crippen LogP contribution in [0.2, 0.25) is 0 Å². The van der Waals surface area contributed by atoms with E-state index in [1.807, 2.05) is 13.0 Å². The Balaban J connectivity index is 3.33. The van der Waals surface area contributed by atoms with E-state index in [-0.39, 0.29) is 0 Å². The summed E-state index contributed by atoms with van der Waals surface area (Å²) in [5, 5.41) is 0. The van der Waals surface area contributed by atoms with Crippen LogP contribution in [0.4, 0.5) is 5.69 Å². The summed E-state index contributed by atoms with van der Waals surface area (Å²) in [4.78, 5) is 0. The van der Waals surface area contributed by atoms with Gasteiger partial charge in [0.1, 0.15) is 10.7 Å². The van der Waals surface area contributed by atoms with E-state index in [4.69, 9.17) is 5.73 Å². The molecular formula is C10H15NO2S. The van der Waals surface area contributed by atoms with E-state index in [1.54, 1.807) is 26.0 Å². The van der Waals surface area contributed by atoms with Gasteiger partial charge in [-0.3, -0.25) is 0 Å². The lowest BCUT2D eigenvalue weighted by atomic mass is 9.99. The molecule has 0 saturated heterocycles. The van der Waals surface area contributed by atoms with E-state index >= 15 is 0 Å². The second kappa shape index (κ2) is 3.61. The van der Waals surface area contributed by atoms with Crippen LogP contribution in [0, 0.1) is 6.92 Å². The highest BCUT2D eigenvalue weighted by Crippen LogP contribution is 2.29. The molecule has 0 atom stereocenters. The van der Waals surface area contributed by atoms with E-state index in [2.05, 4.69) is 0 Å². The molecule has 0 bridgehead atoms. The molecule has 0 heterocycles. The first-order chi connectivity index (χ1) is 6.35. The molecule has 0 amide bonds. The third kappa shape index (κ3) is 1.90. The summed E-state index contributed by atoms with van der Waals surface area (Å²) >= 11 is 0. The zero-order valence-electron chi connectivity index (χ0n) is 8.57. The van der Waals surface area contributed by atoms with Crippen molar-refractivity contribution in [3.63, 3.8) is 0 Å². The summed E-state index contributed by atoms with van der Waals surface area (Å²) in [5.74, 6) is 0. The molecule has 0 aromatic heterocycles. The summed E-state index contributed by atoms with van der Waals surface area (Å²) in [7, 11) is -2.53. The average molecular weight is 213 g/mol. The van der Waals surface area contributed by atoms with Gasteiger partial charge in [0.15, 0.2) is 0 Å². The molecule has 78 valence electrons. The molecule has 0 radical (unpaired) electrons. The third-order valence-corrected chi connectivity index (χ3v) is 3.48. The fourth-order valence-electron chi connectivity index (χ4n) is 1.34. The van der Waals surface area contributed by atoms with Gasteiger partial charge in [-0.15, -0.1) is 0 Å². The first kappa shape index (κ1) is 11.0. The number of anilines is 1. The summed E-state index contributed by atoms with van der Waals surface area (Å²) in [5.41, 5.74) is 8.01. The summed E-state index contributed by atoms with van der Waals surface area (Å²) < 4.78 is 21.2. The van der Waals surface area contributed by atoms with Crippen LogP contribution in [-0.4, -0.2) is 8.42 Å². The number of thiol groups is 1. The van der Waals surface area contributed by atoms with E-state index in [9.17, 15) is 8.42 Å². The van der Waals surface area contributed by atoms with Crippen LogP contribution in [0.5, 0.6) is 0 Å². The van der Waals surface area contributed by atoms with Crippen molar-refractivity contribution in [3.8, 4) is 0 Å². The van der Waals surface area contributed by atoms with Gasteiger partial charge in [0.05, 0.1) is 4.75 Å². The number of benzene rings is 1. The summed E-state index contributed by atoms with van der Waals surface area (Å²) in [6, 6.07) is 5.43. The van der Waals surface area contributed by atoms with Gasteiger partial charge in [0.2, 0.25) is 0 Å². The van der Waals surface area contributed by atoms with Crippen molar-refractivity contribution in [2.45, 2.75) is 25.5 Å². The summed E-state index contributed by atoms with van der Waals surface area (Å²) in [6.45, 7) is 5.23. The monoisotopic (exact) mass is 213 g/mol. The van der Waals surface area contributed by atoms with Gasteiger partial charge in [0, 0.05) is 5.69 Å². The van der Waals surface area contributed by atoms with Crippen LogP contribution in [-0.2, 0) is 15.5 Å². The van der Waals surface area contributed by atoms with E-state index in [1.165, 1.54) is 0 Å². The smallest absolute Gasteiger partial charge is 0.149 e. The van der Waals surface area contributed by atoms with Gasteiger partial charge in [0.25, 0.3) is 0 Å². The first-order valence-electron chi connectivity index (χ1n) is 4.37. The normalized spacial score (nSPS) is 12.0. The maximum absolute atomic E-state index is 11.0. The Bertz CT molecular complexity index is 414. The van der Waals surface area contributed by atoms with Gasteiger partial charge >= 0.3 is 0 Å². The van der Waals surface area contributed by atoms with Crippen LogP contribution in [0.1, 0.15) is 25.0 Å². The number of nitrogens with two attached hydrogens (primary N) is 1. The van der Waals surface area contributed by atoms with Crippen LogP contribution < -0.4 is 5.73 Å². The van der Waals surface area contributed by atoms with Crippen molar-refractivity contribution in [1.29, 1.82) is 0 Å².